The second kappa shape index (κ2) is 6.93. The number of phenolic OH excluding ortho intramolecular Hbond substituents is 1. The first-order chi connectivity index (χ1) is 16.0. The second-order valence-electron chi connectivity index (χ2n) is 7.87. The number of fused-ring (bicyclic) bond motifs is 6. The molecule has 0 aliphatic carbocycles. The summed E-state index contributed by atoms with van der Waals surface area (Å²) in [5.74, 6) is -0.224. The van der Waals surface area contributed by atoms with Crippen LogP contribution < -0.4 is 10.4 Å². The number of phenols is 1. The fourth-order valence-corrected chi connectivity index (χ4v) is 4.61. The second-order valence-corrected chi connectivity index (χ2v) is 7.87. The van der Waals surface area contributed by atoms with E-state index >= 15 is 0 Å². The molecular formula is C26H15NO6. The topological polar surface area (TPSA) is 103 Å². The molecule has 160 valence electrons. The van der Waals surface area contributed by atoms with Gasteiger partial charge in [0.05, 0.1) is 15.9 Å². The van der Waals surface area contributed by atoms with Gasteiger partial charge in [-0.05, 0) is 40.6 Å². The number of aromatic hydroxyl groups is 1. The molecule has 7 nitrogen and oxygen atoms in total. The minimum Gasteiger partial charge on any atom is -0.502 e. The summed E-state index contributed by atoms with van der Waals surface area (Å²) in [6.45, 7) is 0. The van der Waals surface area contributed by atoms with Gasteiger partial charge in [-0.3, -0.25) is 10.1 Å². The zero-order valence-electron chi connectivity index (χ0n) is 17.0. The minimum atomic E-state index is -0.699. The molecule has 1 N–H and O–H groups in total. The lowest BCUT2D eigenvalue weighted by atomic mass is 9.80. The molecule has 0 radical (unpaired) electrons. The monoisotopic (exact) mass is 437 g/mol. The summed E-state index contributed by atoms with van der Waals surface area (Å²) in [6, 6.07) is 22.7. The standard InChI is InChI=1S/C26H15NO6/c28-19-11-9-15(13-18(19)27(30)31)22-23-16-6-2-1-5-14(16)10-12-21(23)32-25-17-7-3-4-8-20(17)33-26(29)24(22)25/h1-13,22,28H. The largest absolute Gasteiger partial charge is 0.502 e. The Hall–Kier alpha value is -4.65. The zero-order valence-corrected chi connectivity index (χ0v) is 17.0. The van der Waals surface area contributed by atoms with E-state index in [-0.39, 0.29) is 5.56 Å². The van der Waals surface area contributed by atoms with Gasteiger partial charge in [-0.25, -0.2) is 4.79 Å². The Morgan fingerprint density at radius 1 is 0.879 bits per heavy atom. The van der Waals surface area contributed by atoms with Crippen molar-refractivity contribution in [2.45, 2.75) is 5.92 Å². The lowest BCUT2D eigenvalue weighted by molar-refractivity contribution is -0.385. The smallest absolute Gasteiger partial charge is 0.344 e. The summed E-state index contributed by atoms with van der Waals surface area (Å²) in [5.41, 5.74) is 0.821. The van der Waals surface area contributed by atoms with Crippen LogP contribution in [0.5, 0.6) is 17.2 Å². The van der Waals surface area contributed by atoms with E-state index in [1.54, 1.807) is 24.3 Å². The van der Waals surface area contributed by atoms with Crippen molar-refractivity contribution in [3.63, 3.8) is 0 Å². The number of nitro groups is 1. The highest BCUT2D eigenvalue weighted by Gasteiger charge is 2.36. The molecule has 33 heavy (non-hydrogen) atoms. The first kappa shape index (κ1) is 19.1. The fraction of sp³-hybridized carbons (Fsp3) is 0.0385. The summed E-state index contributed by atoms with van der Waals surface area (Å²) in [4.78, 5) is 24.2. The molecule has 5 aromatic rings. The predicted octanol–water partition coefficient (Wildman–Crippen LogP) is 5.85. The first-order valence-electron chi connectivity index (χ1n) is 10.3. The van der Waals surface area contributed by atoms with E-state index in [2.05, 4.69) is 0 Å². The summed E-state index contributed by atoms with van der Waals surface area (Å²) in [5, 5.41) is 24.0. The van der Waals surface area contributed by atoms with Crippen molar-refractivity contribution in [1.29, 1.82) is 0 Å². The number of para-hydroxylation sites is 1. The number of hydrogen-bond donors (Lipinski definition) is 1. The molecule has 6 rings (SSSR count). The van der Waals surface area contributed by atoms with Crippen molar-refractivity contribution in [3.05, 3.63) is 116 Å². The number of nitrogens with zero attached hydrogens (tertiary/aromatic N) is 1. The highest BCUT2D eigenvalue weighted by Crippen LogP contribution is 2.51. The number of rotatable bonds is 2. The fourth-order valence-electron chi connectivity index (χ4n) is 4.61. The van der Waals surface area contributed by atoms with Crippen molar-refractivity contribution in [1.82, 2.24) is 0 Å². The molecule has 1 aromatic heterocycles. The highest BCUT2D eigenvalue weighted by molar-refractivity contribution is 5.93. The average Bonchev–Trinajstić information content (AvgIpc) is 2.83. The summed E-state index contributed by atoms with van der Waals surface area (Å²) in [7, 11) is 0. The van der Waals surface area contributed by atoms with E-state index in [9.17, 15) is 20.0 Å². The molecule has 0 saturated carbocycles. The third-order valence-corrected chi connectivity index (χ3v) is 6.05. The maximum Gasteiger partial charge on any atom is 0.344 e. The molecular weight excluding hydrogens is 422 g/mol. The summed E-state index contributed by atoms with van der Waals surface area (Å²) >= 11 is 0. The lowest BCUT2D eigenvalue weighted by Crippen LogP contribution is -2.21. The molecule has 2 heterocycles. The Bertz CT molecular complexity index is 1670. The van der Waals surface area contributed by atoms with Crippen molar-refractivity contribution in [3.8, 4) is 17.2 Å². The van der Waals surface area contributed by atoms with Crippen LogP contribution in [0.4, 0.5) is 5.69 Å². The molecule has 1 aliphatic rings. The van der Waals surface area contributed by atoms with Gasteiger partial charge in [-0.2, -0.15) is 0 Å². The molecule has 4 aromatic carbocycles. The molecule has 1 unspecified atom stereocenters. The number of ether oxygens (including phenoxy) is 1. The lowest BCUT2D eigenvalue weighted by Gasteiger charge is -2.29. The van der Waals surface area contributed by atoms with Crippen LogP contribution in [0.15, 0.2) is 88.1 Å². The van der Waals surface area contributed by atoms with Gasteiger partial charge in [0.15, 0.2) is 5.75 Å². The molecule has 0 fully saturated rings. The van der Waals surface area contributed by atoms with Gasteiger partial charge in [0.2, 0.25) is 0 Å². The molecule has 1 atom stereocenters. The van der Waals surface area contributed by atoms with Crippen LogP contribution in [0.3, 0.4) is 0 Å². The maximum atomic E-state index is 13.3. The average molecular weight is 437 g/mol. The zero-order chi connectivity index (χ0) is 22.7. The van der Waals surface area contributed by atoms with Crippen LogP contribution in [0.1, 0.15) is 22.6 Å². The van der Waals surface area contributed by atoms with Gasteiger partial charge in [-0.15, -0.1) is 0 Å². The van der Waals surface area contributed by atoms with Crippen molar-refractivity contribution >= 4 is 27.4 Å². The minimum absolute atomic E-state index is 0.262. The molecule has 0 bridgehead atoms. The van der Waals surface area contributed by atoms with Crippen molar-refractivity contribution < 1.29 is 19.2 Å². The van der Waals surface area contributed by atoms with E-state index in [1.807, 2.05) is 42.5 Å². The van der Waals surface area contributed by atoms with Gasteiger partial charge < -0.3 is 14.3 Å². The van der Waals surface area contributed by atoms with Gasteiger partial charge in [0, 0.05) is 17.5 Å². The Morgan fingerprint density at radius 2 is 1.64 bits per heavy atom. The molecule has 0 spiro atoms. The Morgan fingerprint density at radius 3 is 2.45 bits per heavy atom. The van der Waals surface area contributed by atoms with E-state index in [4.69, 9.17) is 9.15 Å². The molecule has 1 aliphatic heterocycles. The van der Waals surface area contributed by atoms with Gasteiger partial charge >= 0.3 is 11.3 Å². The van der Waals surface area contributed by atoms with Gasteiger partial charge in [0.1, 0.15) is 17.1 Å². The molecule has 0 saturated heterocycles. The van der Waals surface area contributed by atoms with Crippen LogP contribution in [0.25, 0.3) is 21.7 Å². The number of benzene rings is 4. The Balaban J connectivity index is 1.75. The highest BCUT2D eigenvalue weighted by atomic mass is 16.6. The van der Waals surface area contributed by atoms with Crippen LogP contribution in [-0.2, 0) is 0 Å². The normalized spacial score (nSPS) is 14.5. The quantitative estimate of drug-likeness (QED) is 0.207. The Labute approximate surface area is 186 Å². The van der Waals surface area contributed by atoms with Crippen molar-refractivity contribution in [2.24, 2.45) is 0 Å². The van der Waals surface area contributed by atoms with Gasteiger partial charge in [-0.1, -0.05) is 48.5 Å². The van der Waals surface area contributed by atoms with E-state index in [1.165, 1.54) is 12.1 Å². The first-order valence-corrected chi connectivity index (χ1v) is 10.3. The van der Waals surface area contributed by atoms with Crippen molar-refractivity contribution in [2.75, 3.05) is 0 Å². The SMILES string of the molecule is O=c1oc2ccccc2c2c1C(c1ccc(O)c([N+](=O)[O-])c1)c1c(ccc3ccccc13)O2. The third kappa shape index (κ3) is 2.79. The Kier molecular flexibility index (Phi) is 4.00. The van der Waals surface area contributed by atoms with Gasteiger partial charge in [0.25, 0.3) is 0 Å². The molecule has 0 amide bonds. The van der Waals surface area contributed by atoms with Crippen LogP contribution in [-0.4, -0.2) is 10.0 Å². The van der Waals surface area contributed by atoms with Crippen LogP contribution in [0.2, 0.25) is 0 Å². The predicted molar refractivity (Wildman–Crippen MR) is 122 cm³/mol. The van der Waals surface area contributed by atoms with E-state index in [0.29, 0.717) is 33.6 Å². The number of nitro benzene ring substituents is 1. The maximum absolute atomic E-state index is 13.3. The summed E-state index contributed by atoms with van der Waals surface area (Å²) in [6.07, 6.45) is 0. The van der Waals surface area contributed by atoms with E-state index < -0.39 is 27.9 Å². The summed E-state index contributed by atoms with van der Waals surface area (Å²) < 4.78 is 11.9. The van der Waals surface area contributed by atoms with E-state index in [0.717, 1.165) is 10.8 Å². The third-order valence-electron chi connectivity index (χ3n) is 6.05. The molecule has 7 heteroatoms. The van der Waals surface area contributed by atoms with Crippen LogP contribution >= 0.6 is 0 Å². The van der Waals surface area contributed by atoms with Crippen LogP contribution in [0, 0.1) is 10.1 Å². The number of hydrogen-bond acceptors (Lipinski definition) is 6.